The molecule has 0 atom stereocenters. The Kier molecular flexibility index (Phi) is 7.73. The van der Waals surface area contributed by atoms with Gasteiger partial charge in [0.25, 0.3) is 0 Å². The summed E-state index contributed by atoms with van der Waals surface area (Å²) in [6.45, 7) is 0. The van der Waals surface area contributed by atoms with Crippen molar-refractivity contribution in [1.82, 2.24) is 24.9 Å². The Labute approximate surface area is 312 Å². The molecule has 10 aromatic rings. The Hall–Kier alpha value is -7.37. The van der Waals surface area contributed by atoms with Gasteiger partial charge in [0.2, 0.25) is 0 Å². The Morgan fingerprint density at radius 2 is 0.926 bits per heavy atom. The molecule has 0 fully saturated rings. The van der Waals surface area contributed by atoms with Gasteiger partial charge in [-0.05, 0) is 86.3 Å². The minimum absolute atomic E-state index is 0.620. The number of fused-ring (bicyclic) bond motifs is 4. The number of nitrogens with zero attached hydrogens (tertiary/aromatic N) is 5. The standard InChI is InChI=1S/C49H31N5/c1-2-11-35(12-3-1)45-28-43(48-39-15-5-4-10-32(39)22-25-44(48)52-45)34-20-18-33(19-21-34)38-23-24-42(41-17-7-6-16-40(38)41)47-29-46(36-13-8-26-50-30-36)53-49(54-47)37-14-9-27-51-31-37/h1-31H. The van der Waals surface area contributed by atoms with Crippen LogP contribution in [-0.4, -0.2) is 24.9 Å². The second-order valence-corrected chi connectivity index (χ2v) is 13.3. The van der Waals surface area contributed by atoms with E-state index in [1.54, 1.807) is 18.6 Å². The van der Waals surface area contributed by atoms with Crippen molar-refractivity contribution in [2.24, 2.45) is 0 Å². The van der Waals surface area contributed by atoms with Crippen LogP contribution in [0.5, 0.6) is 0 Å². The van der Waals surface area contributed by atoms with Crippen molar-refractivity contribution in [1.29, 1.82) is 0 Å². The van der Waals surface area contributed by atoms with E-state index in [0.29, 0.717) is 5.82 Å². The summed E-state index contributed by atoms with van der Waals surface area (Å²) in [4.78, 5) is 23.9. The van der Waals surface area contributed by atoms with Gasteiger partial charge in [-0.2, -0.15) is 0 Å². The lowest BCUT2D eigenvalue weighted by molar-refractivity contribution is 1.17. The molecule has 0 saturated heterocycles. The first-order valence-corrected chi connectivity index (χ1v) is 18.0. The van der Waals surface area contributed by atoms with Gasteiger partial charge in [0, 0.05) is 52.4 Å². The van der Waals surface area contributed by atoms with Crippen LogP contribution in [0, 0.1) is 0 Å². The monoisotopic (exact) mass is 689 g/mol. The molecule has 0 amide bonds. The Bertz CT molecular complexity index is 2910. The molecule has 0 aliphatic rings. The molecule has 0 unspecified atom stereocenters. The molecule has 54 heavy (non-hydrogen) atoms. The molecule has 10 rings (SSSR count). The molecule has 0 spiro atoms. The van der Waals surface area contributed by atoms with Crippen molar-refractivity contribution < 1.29 is 0 Å². The van der Waals surface area contributed by atoms with Crippen LogP contribution in [0.1, 0.15) is 0 Å². The average Bonchev–Trinajstić information content (AvgIpc) is 3.26. The van der Waals surface area contributed by atoms with E-state index in [9.17, 15) is 0 Å². The fourth-order valence-electron chi connectivity index (χ4n) is 7.47. The molecule has 0 radical (unpaired) electrons. The average molecular weight is 690 g/mol. The van der Waals surface area contributed by atoms with E-state index in [2.05, 4.69) is 143 Å². The number of aromatic nitrogens is 5. The summed E-state index contributed by atoms with van der Waals surface area (Å²) in [7, 11) is 0. The number of hydrogen-bond donors (Lipinski definition) is 0. The van der Waals surface area contributed by atoms with Crippen molar-refractivity contribution in [3.05, 3.63) is 189 Å². The van der Waals surface area contributed by atoms with Gasteiger partial charge in [-0.1, -0.05) is 121 Å². The number of benzene rings is 6. The third-order valence-electron chi connectivity index (χ3n) is 10.1. The van der Waals surface area contributed by atoms with E-state index < -0.39 is 0 Å². The first-order chi connectivity index (χ1) is 26.8. The Balaban J connectivity index is 1.10. The summed E-state index contributed by atoms with van der Waals surface area (Å²) >= 11 is 0. The molecule has 0 bridgehead atoms. The molecule has 0 aliphatic carbocycles. The Morgan fingerprint density at radius 1 is 0.333 bits per heavy atom. The van der Waals surface area contributed by atoms with E-state index in [0.717, 1.165) is 77.7 Å². The maximum absolute atomic E-state index is 5.14. The lowest BCUT2D eigenvalue weighted by Crippen LogP contribution is -1.97. The predicted molar refractivity (Wildman–Crippen MR) is 221 cm³/mol. The number of rotatable bonds is 6. The molecule has 0 saturated carbocycles. The van der Waals surface area contributed by atoms with Crippen molar-refractivity contribution in [3.63, 3.8) is 0 Å². The SMILES string of the molecule is c1ccc(-c2cc(-c3ccc(-c4ccc(-c5cc(-c6cccnc6)nc(-c6cccnc6)n5)c5ccccc45)cc3)c3c(ccc4ccccc43)n2)cc1. The molecule has 0 N–H and O–H groups in total. The topological polar surface area (TPSA) is 64.5 Å². The largest absolute Gasteiger partial charge is 0.264 e. The molecule has 5 heteroatoms. The van der Waals surface area contributed by atoms with Crippen LogP contribution >= 0.6 is 0 Å². The van der Waals surface area contributed by atoms with E-state index in [-0.39, 0.29) is 0 Å². The van der Waals surface area contributed by atoms with E-state index >= 15 is 0 Å². The van der Waals surface area contributed by atoms with Crippen LogP contribution in [-0.2, 0) is 0 Å². The fourth-order valence-corrected chi connectivity index (χ4v) is 7.47. The fraction of sp³-hybridized carbons (Fsp3) is 0. The van der Waals surface area contributed by atoms with Crippen LogP contribution in [0.15, 0.2) is 189 Å². The third-order valence-corrected chi connectivity index (χ3v) is 10.1. The van der Waals surface area contributed by atoms with Gasteiger partial charge >= 0.3 is 0 Å². The molecular weight excluding hydrogens is 659 g/mol. The van der Waals surface area contributed by atoms with Crippen molar-refractivity contribution >= 4 is 32.4 Å². The highest BCUT2D eigenvalue weighted by Gasteiger charge is 2.17. The second-order valence-electron chi connectivity index (χ2n) is 13.3. The van der Waals surface area contributed by atoms with Gasteiger partial charge in [0.1, 0.15) is 0 Å². The lowest BCUT2D eigenvalue weighted by Gasteiger charge is -2.15. The maximum atomic E-state index is 5.14. The highest BCUT2D eigenvalue weighted by Crippen LogP contribution is 2.40. The first-order valence-electron chi connectivity index (χ1n) is 18.0. The summed E-state index contributed by atoms with van der Waals surface area (Å²) in [6.07, 6.45) is 7.17. The van der Waals surface area contributed by atoms with Gasteiger partial charge in [-0.3, -0.25) is 9.97 Å². The van der Waals surface area contributed by atoms with Crippen LogP contribution < -0.4 is 0 Å². The zero-order chi connectivity index (χ0) is 35.8. The molecule has 252 valence electrons. The minimum Gasteiger partial charge on any atom is -0.264 e. The first kappa shape index (κ1) is 31.4. The van der Waals surface area contributed by atoms with Crippen LogP contribution in [0.4, 0.5) is 0 Å². The molecule has 6 aromatic carbocycles. The van der Waals surface area contributed by atoms with E-state index in [1.807, 2.05) is 36.5 Å². The number of hydrogen-bond acceptors (Lipinski definition) is 5. The molecule has 0 aliphatic heterocycles. The molecule has 5 nitrogen and oxygen atoms in total. The summed E-state index contributed by atoms with van der Waals surface area (Å²) < 4.78 is 0. The van der Waals surface area contributed by atoms with Gasteiger partial charge < -0.3 is 0 Å². The van der Waals surface area contributed by atoms with Crippen LogP contribution in [0.2, 0.25) is 0 Å². The summed E-state index contributed by atoms with van der Waals surface area (Å²) in [5.74, 6) is 0.620. The zero-order valence-corrected chi connectivity index (χ0v) is 29.1. The smallest absolute Gasteiger partial charge is 0.161 e. The Morgan fingerprint density at radius 3 is 1.67 bits per heavy atom. The van der Waals surface area contributed by atoms with E-state index in [4.69, 9.17) is 15.0 Å². The van der Waals surface area contributed by atoms with E-state index in [1.165, 1.54) is 16.3 Å². The van der Waals surface area contributed by atoms with Gasteiger partial charge in [-0.15, -0.1) is 0 Å². The third kappa shape index (κ3) is 5.65. The summed E-state index contributed by atoms with van der Waals surface area (Å²) in [6, 6.07) is 57.4. The van der Waals surface area contributed by atoms with Gasteiger partial charge in [0.05, 0.1) is 22.6 Å². The highest BCUT2D eigenvalue weighted by atomic mass is 14.9. The second kappa shape index (κ2) is 13.3. The summed E-state index contributed by atoms with van der Waals surface area (Å²) in [5, 5.41) is 5.83. The highest BCUT2D eigenvalue weighted by molar-refractivity contribution is 6.14. The van der Waals surface area contributed by atoms with Crippen molar-refractivity contribution in [2.45, 2.75) is 0 Å². The van der Waals surface area contributed by atoms with Gasteiger partial charge in [-0.25, -0.2) is 15.0 Å². The van der Waals surface area contributed by atoms with Crippen molar-refractivity contribution in [3.8, 4) is 67.4 Å². The predicted octanol–water partition coefficient (Wildman–Crippen LogP) is 12.1. The summed E-state index contributed by atoms with van der Waals surface area (Å²) in [5.41, 5.74) is 12.1. The molecule has 4 heterocycles. The van der Waals surface area contributed by atoms with Crippen molar-refractivity contribution in [2.75, 3.05) is 0 Å². The zero-order valence-electron chi connectivity index (χ0n) is 29.1. The maximum Gasteiger partial charge on any atom is 0.161 e. The van der Waals surface area contributed by atoms with Crippen LogP contribution in [0.25, 0.3) is 99.9 Å². The normalized spacial score (nSPS) is 11.3. The van der Waals surface area contributed by atoms with Crippen LogP contribution in [0.3, 0.4) is 0 Å². The lowest BCUT2D eigenvalue weighted by atomic mass is 9.91. The van der Waals surface area contributed by atoms with Gasteiger partial charge in [0.15, 0.2) is 5.82 Å². The quantitative estimate of drug-likeness (QED) is 0.163. The molecular formula is C49H31N5. The number of pyridine rings is 3. The minimum atomic E-state index is 0.620. The molecule has 4 aromatic heterocycles.